The molecule has 0 aliphatic rings. The van der Waals surface area contributed by atoms with Gasteiger partial charge in [-0.1, -0.05) is 359 Å². The summed E-state index contributed by atoms with van der Waals surface area (Å²) >= 11 is 0. The molecule has 0 spiro atoms. The molecule has 0 saturated heterocycles. The molecule has 0 rings (SSSR count). The molecule has 0 amide bonds. The van der Waals surface area contributed by atoms with Crippen LogP contribution in [0.1, 0.15) is 393 Å². The fourth-order valence-corrected chi connectivity index (χ4v) is 10.9. The van der Waals surface area contributed by atoms with Gasteiger partial charge in [-0.2, -0.15) is 0 Å². The summed E-state index contributed by atoms with van der Waals surface area (Å²) in [6.07, 6.45) is 84.8. The second kappa shape index (κ2) is 68.1. The van der Waals surface area contributed by atoms with Crippen LogP contribution in [-0.2, 0) is 28.6 Å². The summed E-state index contributed by atoms with van der Waals surface area (Å²) in [7, 11) is 0. The summed E-state index contributed by atoms with van der Waals surface area (Å²) in [4.78, 5) is 38.4. The van der Waals surface area contributed by atoms with E-state index < -0.39 is 6.10 Å². The van der Waals surface area contributed by atoms with Gasteiger partial charge in [0.25, 0.3) is 0 Å². The Morgan fingerprint density at radius 3 is 0.772 bits per heavy atom. The average Bonchev–Trinajstić information content (AvgIpc) is 3.45. The van der Waals surface area contributed by atoms with Gasteiger partial charge in [0.1, 0.15) is 13.2 Å². The van der Waals surface area contributed by atoms with E-state index in [4.69, 9.17) is 14.2 Å². The average molecular weight is 1110 g/mol. The Morgan fingerprint density at radius 1 is 0.266 bits per heavy atom. The molecule has 0 aromatic heterocycles. The van der Waals surface area contributed by atoms with Crippen LogP contribution in [0.2, 0.25) is 0 Å². The van der Waals surface area contributed by atoms with Gasteiger partial charge >= 0.3 is 17.9 Å². The van der Waals surface area contributed by atoms with Gasteiger partial charge in [-0.3, -0.25) is 14.4 Å². The number of hydrogen-bond donors (Lipinski definition) is 0. The molecule has 79 heavy (non-hydrogen) atoms. The van der Waals surface area contributed by atoms with E-state index in [1.54, 1.807) is 0 Å². The van der Waals surface area contributed by atoms with Crippen molar-refractivity contribution in [1.82, 2.24) is 0 Å². The van der Waals surface area contributed by atoms with Crippen LogP contribution in [0, 0.1) is 0 Å². The molecule has 0 aromatic carbocycles. The second-order valence-corrected chi connectivity index (χ2v) is 24.1. The molecule has 0 heterocycles. The maximum atomic E-state index is 12.9. The van der Waals surface area contributed by atoms with Crippen LogP contribution in [0.4, 0.5) is 0 Å². The Bertz CT molecular complexity index is 1320. The van der Waals surface area contributed by atoms with Gasteiger partial charge in [-0.25, -0.2) is 0 Å². The number of unbranched alkanes of at least 4 members (excludes halogenated alkanes) is 49. The standard InChI is InChI=1S/C73H136O6/c1-4-7-10-13-16-19-22-25-27-29-31-33-35-37-39-41-43-45-48-51-54-57-60-63-66-72(75)78-69-70(68-77-71(74)65-62-59-56-53-50-47-24-21-18-15-12-9-6-3)79-73(76)67-64-61-58-55-52-49-46-44-42-40-38-36-34-32-30-28-26-23-20-17-14-11-8-5-2/h9,12,18,21,47,50,70H,4-8,10-11,13-17,19-20,22-46,48-49,51-69H2,1-3H3/b12-9-,21-18-,50-47-. The lowest BCUT2D eigenvalue weighted by atomic mass is 10.0. The van der Waals surface area contributed by atoms with Crippen molar-refractivity contribution < 1.29 is 28.6 Å². The van der Waals surface area contributed by atoms with Gasteiger partial charge < -0.3 is 14.2 Å². The first-order chi connectivity index (χ1) is 39.0. The van der Waals surface area contributed by atoms with E-state index in [-0.39, 0.29) is 31.1 Å². The predicted octanol–water partition coefficient (Wildman–Crippen LogP) is 24.3. The Labute approximate surface area is 493 Å². The van der Waals surface area contributed by atoms with Crippen molar-refractivity contribution in [3.63, 3.8) is 0 Å². The molecular formula is C73H136O6. The molecule has 0 aliphatic heterocycles. The van der Waals surface area contributed by atoms with Crippen LogP contribution in [0.25, 0.3) is 0 Å². The van der Waals surface area contributed by atoms with Crippen molar-refractivity contribution in [2.45, 2.75) is 399 Å². The molecule has 0 fully saturated rings. The number of carbonyl (C=O) groups excluding carboxylic acids is 3. The highest BCUT2D eigenvalue weighted by molar-refractivity contribution is 5.71. The molecule has 0 aromatic rings. The van der Waals surface area contributed by atoms with Crippen LogP contribution in [0.15, 0.2) is 36.5 Å². The van der Waals surface area contributed by atoms with E-state index in [9.17, 15) is 14.4 Å². The highest BCUT2D eigenvalue weighted by atomic mass is 16.6. The monoisotopic (exact) mass is 1110 g/mol. The minimum absolute atomic E-state index is 0.0757. The van der Waals surface area contributed by atoms with Crippen LogP contribution in [0.3, 0.4) is 0 Å². The molecule has 0 aliphatic carbocycles. The Balaban J connectivity index is 4.22. The van der Waals surface area contributed by atoms with Crippen LogP contribution >= 0.6 is 0 Å². The van der Waals surface area contributed by atoms with Gasteiger partial charge in [0.05, 0.1) is 0 Å². The van der Waals surface area contributed by atoms with Crippen molar-refractivity contribution in [3.8, 4) is 0 Å². The highest BCUT2D eigenvalue weighted by Gasteiger charge is 2.19. The maximum Gasteiger partial charge on any atom is 0.306 e. The van der Waals surface area contributed by atoms with Crippen molar-refractivity contribution in [3.05, 3.63) is 36.5 Å². The molecule has 1 unspecified atom stereocenters. The summed E-state index contributed by atoms with van der Waals surface area (Å²) in [5.74, 6) is -0.876. The molecule has 6 nitrogen and oxygen atoms in total. The van der Waals surface area contributed by atoms with Crippen LogP contribution in [-0.4, -0.2) is 37.2 Å². The molecule has 1 atom stereocenters. The van der Waals surface area contributed by atoms with Crippen molar-refractivity contribution in [2.24, 2.45) is 0 Å². The van der Waals surface area contributed by atoms with Gasteiger partial charge in [0.15, 0.2) is 6.10 Å². The first kappa shape index (κ1) is 76.6. The van der Waals surface area contributed by atoms with Crippen LogP contribution in [0.5, 0.6) is 0 Å². The van der Waals surface area contributed by atoms with E-state index in [1.807, 2.05) is 0 Å². The number of ether oxygens (including phenoxy) is 3. The minimum atomic E-state index is -0.782. The largest absolute Gasteiger partial charge is 0.462 e. The lowest BCUT2D eigenvalue weighted by Crippen LogP contribution is -2.30. The third kappa shape index (κ3) is 66.3. The molecular weight excluding hydrogens is 973 g/mol. The van der Waals surface area contributed by atoms with E-state index in [2.05, 4.69) is 57.2 Å². The first-order valence-corrected chi connectivity index (χ1v) is 35.5. The zero-order chi connectivity index (χ0) is 57.1. The quantitative estimate of drug-likeness (QED) is 0.0261. The Morgan fingerprint density at radius 2 is 0.494 bits per heavy atom. The van der Waals surface area contributed by atoms with E-state index >= 15 is 0 Å². The molecule has 0 bridgehead atoms. The van der Waals surface area contributed by atoms with Crippen molar-refractivity contribution in [1.29, 1.82) is 0 Å². The first-order valence-electron chi connectivity index (χ1n) is 35.5. The highest BCUT2D eigenvalue weighted by Crippen LogP contribution is 2.19. The van der Waals surface area contributed by atoms with Crippen molar-refractivity contribution >= 4 is 17.9 Å². The summed E-state index contributed by atoms with van der Waals surface area (Å²) < 4.78 is 17.0. The smallest absolute Gasteiger partial charge is 0.306 e. The third-order valence-electron chi connectivity index (χ3n) is 16.2. The zero-order valence-electron chi connectivity index (χ0n) is 53.4. The van der Waals surface area contributed by atoms with Gasteiger partial charge in [-0.05, 0) is 51.4 Å². The summed E-state index contributed by atoms with van der Waals surface area (Å²) in [5, 5.41) is 0. The number of carbonyl (C=O) groups is 3. The molecule has 464 valence electrons. The summed E-state index contributed by atoms with van der Waals surface area (Å²) in [5.41, 5.74) is 0. The van der Waals surface area contributed by atoms with E-state index in [0.29, 0.717) is 19.3 Å². The van der Waals surface area contributed by atoms with Gasteiger partial charge in [-0.15, -0.1) is 0 Å². The van der Waals surface area contributed by atoms with Crippen molar-refractivity contribution in [2.75, 3.05) is 13.2 Å². The lowest BCUT2D eigenvalue weighted by Gasteiger charge is -2.18. The third-order valence-corrected chi connectivity index (χ3v) is 16.2. The molecule has 0 saturated carbocycles. The van der Waals surface area contributed by atoms with Gasteiger partial charge in [0, 0.05) is 19.3 Å². The fourth-order valence-electron chi connectivity index (χ4n) is 10.9. The topological polar surface area (TPSA) is 78.9 Å². The molecule has 6 heteroatoms. The van der Waals surface area contributed by atoms with E-state index in [0.717, 1.165) is 83.5 Å². The number of esters is 3. The maximum absolute atomic E-state index is 12.9. The minimum Gasteiger partial charge on any atom is -0.462 e. The number of allylic oxidation sites excluding steroid dienone is 6. The fraction of sp³-hybridized carbons (Fsp3) is 0.877. The number of rotatable bonds is 66. The number of hydrogen-bond acceptors (Lipinski definition) is 6. The summed E-state index contributed by atoms with van der Waals surface area (Å²) in [6.45, 7) is 6.58. The Kier molecular flexibility index (Phi) is 66.1. The Hall–Kier alpha value is -2.37. The normalized spacial score (nSPS) is 12.2. The van der Waals surface area contributed by atoms with E-state index in [1.165, 1.54) is 270 Å². The predicted molar refractivity (Wildman–Crippen MR) is 344 cm³/mol. The SMILES string of the molecule is CC/C=C\C/C=C\C/C=C\CCCCCC(=O)OCC(COC(=O)CCCCCCCCCCCCCCCCCCCCCCCCCC)OC(=O)CCCCCCCCCCCCCCCCCCCCCCCCCC. The van der Waals surface area contributed by atoms with Crippen LogP contribution < -0.4 is 0 Å². The zero-order valence-corrected chi connectivity index (χ0v) is 53.4. The molecule has 0 N–H and O–H groups in total. The lowest BCUT2D eigenvalue weighted by molar-refractivity contribution is -0.167. The summed E-state index contributed by atoms with van der Waals surface area (Å²) in [6, 6.07) is 0. The second-order valence-electron chi connectivity index (χ2n) is 24.1. The van der Waals surface area contributed by atoms with Gasteiger partial charge in [0.2, 0.25) is 0 Å². The molecule has 0 radical (unpaired) electrons.